The molecule has 2 unspecified atom stereocenters. The predicted molar refractivity (Wildman–Crippen MR) is 83.4 cm³/mol. The summed E-state index contributed by atoms with van der Waals surface area (Å²) < 4.78 is 18.5. The van der Waals surface area contributed by atoms with Gasteiger partial charge in [-0.1, -0.05) is 19.9 Å². The molecule has 22 heavy (non-hydrogen) atoms. The minimum absolute atomic E-state index is 0.114. The number of nitrogens with one attached hydrogen (secondary N) is 2. The SMILES string of the molecule is COc1ccc(C(C)NC(=O)NC(CO)CC(C)C)cc1F. The number of methoxy groups -OCH3 is 1. The highest BCUT2D eigenvalue weighted by Gasteiger charge is 2.16. The lowest BCUT2D eigenvalue weighted by atomic mass is 10.0. The maximum absolute atomic E-state index is 13.7. The molecule has 0 aliphatic rings. The Labute approximate surface area is 130 Å². The Hall–Kier alpha value is -1.82. The van der Waals surface area contributed by atoms with Crippen molar-refractivity contribution in [3.05, 3.63) is 29.6 Å². The number of amides is 2. The van der Waals surface area contributed by atoms with Crippen molar-refractivity contribution in [1.82, 2.24) is 10.6 Å². The highest BCUT2D eigenvalue weighted by Crippen LogP contribution is 2.21. The summed E-state index contributed by atoms with van der Waals surface area (Å²) in [5, 5.41) is 14.7. The zero-order chi connectivity index (χ0) is 16.7. The summed E-state index contributed by atoms with van der Waals surface area (Å²) in [5.41, 5.74) is 0.637. The van der Waals surface area contributed by atoms with Gasteiger partial charge in [0.25, 0.3) is 0 Å². The third-order valence-electron chi connectivity index (χ3n) is 3.33. The Balaban J connectivity index is 2.61. The van der Waals surface area contributed by atoms with Gasteiger partial charge in [0.15, 0.2) is 11.6 Å². The molecule has 0 bridgehead atoms. The van der Waals surface area contributed by atoms with Gasteiger partial charge in [0.1, 0.15) is 0 Å². The van der Waals surface area contributed by atoms with Crippen LogP contribution in [0.3, 0.4) is 0 Å². The van der Waals surface area contributed by atoms with Gasteiger partial charge >= 0.3 is 6.03 Å². The fourth-order valence-electron chi connectivity index (χ4n) is 2.21. The maximum Gasteiger partial charge on any atom is 0.315 e. The maximum atomic E-state index is 13.7. The van der Waals surface area contributed by atoms with Crippen molar-refractivity contribution in [2.45, 2.75) is 39.3 Å². The fourth-order valence-corrected chi connectivity index (χ4v) is 2.21. The number of aliphatic hydroxyl groups excluding tert-OH is 1. The van der Waals surface area contributed by atoms with Crippen LogP contribution < -0.4 is 15.4 Å². The second-order valence-corrected chi connectivity index (χ2v) is 5.74. The Morgan fingerprint density at radius 1 is 1.32 bits per heavy atom. The molecule has 0 aromatic heterocycles. The van der Waals surface area contributed by atoms with Crippen LogP contribution >= 0.6 is 0 Å². The topological polar surface area (TPSA) is 70.6 Å². The summed E-state index contributed by atoms with van der Waals surface area (Å²) in [6.07, 6.45) is 0.690. The first-order valence-electron chi connectivity index (χ1n) is 7.38. The van der Waals surface area contributed by atoms with E-state index in [-0.39, 0.29) is 30.5 Å². The molecule has 0 aliphatic heterocycles. The molecule has 1 aromatic rings. The second kappa shape index (κ2) is 8.58. The van der Waals surface area contributed by atoms with Gasteiger partial charge in [0.05, 0.1) is 25.8 Å². The van der Waals surface area contributed by atoms with Gasteiger partial charge in [-0.3, -0.25) is 0 Å². The summed E-state index contributed by atoms with van der Waals surface area (Å²) in [5.74, 6) is 0.0605. The average molecular weight is 312 g/mol. The Kier molecular flexibility index (Phi) is 7.11. The highest BCUT2D eigenvalue weighted by atomic mass is 19.1. The van der Waals surface area contributed by atoms with E-state index in [1.54, 1.807) is 13.0 Å². The van der Waals surface area contributed by atoms with Gasteiger partial charge in [-0.15, -0.1) is 0 Å². The second-order valence-electron chi connectivity index (χ2n) is 5.74. The van der Waals surface area contributed by atoms with Crippen LogP contribution in [0.5, 0.6) is 5.75 Å². The monoisotopic (exact) mass is 312 g/mol. The van der Waals surface area contributed by atoms with Crippen LogP contribution in [0.15, 0.2) is 18.2 Å². The van der Waals surface area contributed by atoms with Gasteiger partial charge in [0, 0.05) is 0 Å². The number of halogens is 1. The smallest absolute Gasteiger partial charge is 0.315 e. The van der Waals surface area contributed by atoms with Crippen LogP contribution in [-0.2, 0) is 0 Å². The largest absolute Gasteiger partial charge is 0.494 e. The third-order valence-corrected chi connectivity index (χ3v) is 3.33. The van der Waals surface area contributed by atoms with Crippen molar-refractivity contribution >= 4 is 6.03 Å². The van der Waals surface area contributed by atoms with E-state index in [1.807, 2.05) is 13.8 Å². The number of hydrogen-bond acceptors (Lipinski definition) is 3. The zero-order valence-electron chi connectivity index (χ0n) is 13.5. The molecule has 5 nitrogen and oxygen atoms in total. The molecule has 2 atom stereocenters. The average Bonchev–Trinajstić information content (AvgIpc) is 2.45. The van der Waals surface area contributed by atoms with E-state index in [0.29, 0.717) is 17.9 Å². The van der Waals surface area contributed by atoms with E-state index in [4.69, 9.17) is 4.74 Å². The van der Waals surface area contributed by atoms with Crippen molar-refractivity contribution in [3.8, 4) is 5.75 Å². The number of carbonyl (C=O) groups excluding carboxylic acids is 1. The van der Waals surface area contributed by atoms with E-state index in [2.05, 4.69) is 10.6 Å². The van der Waals surface area contributed by atoms with Crippen molar-refractivity contribution in [2.24, 2.45) is 5.92 Å². The molecule has 0 fully saturated rings. The standard InChI is InChI=1S/C16H25FN2O3/c1-10(2)7-13(9-20)19-16(21)18-11(3)12-5-6-15(22-4)14(17)8-12/h5-6,8,10-11,13,20H,7,9H2,1-4H3,(H2,18,19,21). The number of rotatable bonds is 7. The molecule has 3 N–H and O–H groups in total. The van der Waals surface area contributed by atoms with Crippen molar-refractivity contribution in [3.63, 3.8) is 0 Å². The van der Waals surface area contributed by atoms with Gasteiger partial charge < -0.3 is 20.5 Å². The molecule has 0 heterocycles. The van der Waals surface area contributed by atoms with Gasteiger partial charge in [-0.25, -0.2) is 9.18 Å². The van der Waals surface area contributed by atoms with Gasteiger partial charge in [-0.2, -0.15) is 0 Å². The lowest BCUT2D eigenvalue weighted by molar-refractivity contribution is 0.205. The molecular formula is C16H25FN2O3. The lowest BCUT2D eigenvalue weighted by Gasteiger charge is -2.21. The van der Waals surface area contributed by atoms with Crippen molar-refractivity contribution in [1.29, 1.82) is 0 Å². The normalized spacial score (nSPS) is 13.6. The van der Waals surface area contributed by atoms with Crippen LogP contribution in [0.2, 0.25) is 0 Å². The minimum atomic E-state index is -0.470. The first-order valence-corrected chi connectivity index (χ1v) is 7.38. The minimum Gasteiger partial charge on any atom is -0.494 e. The van der Waals surface area contributed by atoms with E-state index in [1.165, 1.54) is 19.2 Å². The molecule has 1 rings (SSSR count). The van der Waals surface area contributed by atoms with Crippen molar-refractivity contribution in [2.75, 3.05) is 13.7 Å². The van der Waals surface area contributed by atoms with Gasteiger partial charge in [-0.05, 0) is 37.0 Å². The van der Waals surface area contributed by atoms with E-state index < -0.39 is 5.82 Å². The molecule has 0 aliphatic carbocycles. The Bertz CT molecular complexity index is 494. The summed E-state index contributed by atoms with van der Waals surface area (Å²) in [6, 6.07) is 3.52. The number of aliphatic hydroxyl groups is 1. The van der Waals surface area contributed by atoms with Crippen LogP contribution in [0.25, 0.3) is 0 Å². The molecule has 0 radical (unpaired) electrons. The fraction of sp³-hybridized carbons (Fsp3) is 0.562. The Morgan fingerprint density at radius 3 is 2.50 bits per heavy atom. The lowest BCUT2D eigenvalue weighted by Crippen LogP contribution is -2.45. The number of ether oxygens (including phenoxy) is 1. The molecule has 0 saturated carbocycles. The molecule has 0 spiro atoms. The number of urea groups is 1. The molecule has 0 saturated heterocycles. The number of benzene rings is 1. The third kappa shape index (κ3) is 5.52. The van der Waals surface area contributed by atoms with Crippen LogP contribution in [0.1, 0.15) is 38.8 Å². The first-order chi connectivity index (χ1) is 10.4. The van der Waals surface area contributed by atoms with Crippen LogP contribution in [-0.4, -0.2) is 30.9 Å². The number of carbonyl (C=O) groups is 1. The molecule has 2 amide bonds. The zero-order valence-corrected chi connectivity index (χ0v) is 13.5. The number of hydrogen-bond donors (Lipinski definition) is 3. The molecule has 1 aromatic carbocycles. The summed E-state index contributed by atoms with van der Waals surface area (Å²) in [4.78, 5) is 11.9. The molecule has 124 valence electrons. The Morgan fingerprint density at radius 2 is 2.00 bits per heavy atom. The summed E-state index contributed by atoms with van der Waals surface area (Å²) in [7, 11) is 1.40. The molecule has 6 heteroatoms. The quantitative estimate of drug-likeness (QED) is 0.725. The van der Waals surface area contributed by atoms with Crippen LogP contribution in [0, 0.1) is 11.7 Å². The van der Waals surface area contributed by atoms with E-state index >= 15 is 0 Å². The highest BCUT2D eigenvalue weighted by molar-refractivity contribution is 5.74. The van der Waals surface area contributed by atoms with Crippen molar-refractivity contribution < 1.29 is 19.0 Å². The predicted octanol–water partition coefficient (Wildman–Crippen LogP) is 2.60. The summed E-state index contributed by atoms with van der Waals surface area (Å²) >= 11 is 0. The summed E-state index contributed by atoms with van der Waals surface area (Å²) in [6.45, 7) is 5.68. The first kappa shape index (κ1) is 18.2. The van der Waals surface area contributed by atoms with Gasteiger partial charge in [0.2, 0.25) is 0 Å². The van der Waals surface area contributed by atoms with E-state index in [0.717, 1.165) is 0 Å². The molecular weight excluding hydrogens is 287 g/mol. The van der Waals surface area contributed by atoms with Crippen LogP contribution in [0.4, 0.5) is 9.18 Å². The van der Waals surface area contributed by atoms with E-state index in [9.17, 15) is 14.3 Å².